The first kappa shape index (κ1) is 16.3. The van der Waals surface area contributed by atoms with Crippen molar-refractivity contribution in [3.8, 4) is 0 Å². The van der Waals surface area contributed by atoms with Crippen LogP contribution in [-0.4, -0.2) is 24.0 Å². The molecule has 0 spiro atoms. The lowest BCUT2D eigenvalue weighted by atomic mass is 10.3. The average molecular weight is 154 g/mol. The summed E-state index contributed by atoms with van der Waals surface area (Å²) in [6, 6.07) is 0. The highest BCUT2D eigenvalue weighted by Crippen LogP contribution is 1.77. The van der Waals surface area contributed by atoms with Crippen molar-refractivity contribution in [2.45, 2.75) is 0 Å². The zero-order valence-electron chi connectivity index (χ0n) is 5.53. The van der Waals surface area contributed by atoms with Crippen LogP contribution in [0.3, 0.4) is 0 Å². The third-order valence-corrected chi connectivity index (χ3v) is 0.431. The molecule has 7 heteroatoms. The summed E-state index contributed by atoms with van der Waals surface area (Å²) in [7, 11) is -1.81. The smallest absolute Gasteiger partial charge is 0.402 e. The van der Waals surface area contributed by atoms with E-state index in [0.717, 1.165) is 6.08 Å². The number of rotatable bonds is 3. The number of hydrogen-bond acceptors (Lipinski definition) is 5. The van der Waals surface area contributed by atoms with Crippen LogP contribution in [-0.2, 0) is 4.65 Å². The van der Waals surface area contributed by atoms with Gasteiger partial charge in [0.25, 0.3) is 0 Å². The van der Waals surface area contributed by atoms with Crippen LogP contribution in [0.2, 0.25) is 0 Å². The molecule has 0 unspecified atom stereocenters. The summed E-state index contributed by atoms with van der Waals surface area (Å²) in [6.45, 7) is -0.131. The van der Waals surface area contributed by atoms with Crippen LogP contribution in [0.1, 0.15) is 0 Å². The minimum atomic E-state index is -1.81. The van der Waals surface area contributed by atoms with Crippen LogP contribution in [0.4, 0.5) is 4.39 Å². The van der Waals surface area contributed by atoms with Crippen molar-refractivity contribution >= 4 is 7.32 Å². The molecule has 0 aromatic heterocycles. The molecule has 0 atom stereocenters. The maximum absolute atomic E-state index is 11.0. The average Bonchev–Trinajstić information content (AvgIpc) is 1.66. The van der Waals surface area contributed by atoms with Crippen LogP contribution in [0, 0.1) is 0 Å². The second-order valence-corrected chi connectivity index (χ2v) is 1.02. The fourth-order valence-corrected chi connectivity index (χ4v) is 0.178. The van der Waals surface area contributed by atoms with Crippen LogP contribution in [0.25, 0.3) is 0 Å². The summed E-state index contributed by atoms with van der Waals surface area (Å²) in [6.07, 6.45) is 1.28. The molecule has 0 heterocycles. The van der Waals surface area contributed by atoms with Gasteiger partial charge < -0.3 is 27.0 Å². The van der Waals surface area contributed by atoms with Crippen LogP contribution < -0.4 is 12.3 Å². The molecule has 0 aliphatic carbocycles. The van der Waals surface area contributed by atoms with Gasteiger partial charge in [0.05, 0.1) is 12.9 Å². The van der Waals surface area contributed by atoms with Crippen LogP contribution >= 0.6 is 0 Å². The standard InChI is InChI=1S/C3H6BFO3.2H3N/c5-2-1-3-8-4(6)7;;/h1-2,6-7H,3H2;2*1H3. The molecule has 0 aromatic rings. The van der Waals surface area contributed by atoms with E-state index in [4.69, 9.17) is 10.0 Å². The Labute approximate surface area is 58.8 Å². The summed E-state index contributed by atoms with van der Waals surface area (Å²) < 4.78 is 15.1. The molecule has 0 saturated carbocycles. The zero-order chi connectivity index (χ0) is 6.41. The van der Waals surface area contributed by atoms with Gasteiger partial charge in [0, 0.05) is 0 Å². The molecule has 0 bridgehead atoms. The summed E-state index contributed by atoms with van der Waals surface area (Å²) >= 11 is 0. The van der Waals surface area contributed by atoms with E-state index in [2.05, 4.69) is 4.65 Å². The van der Waals surface area contributed by atoms with E-state index < -0.39 is 7.32 Å². The highest BCUT2D eigenvalue weighted by atomic mass is 19.1. The van der Waals surface area contributed by atoms with Gasteiger partial charge in [-0.05, 0) is 6.08 Å². The quantitative estimate of drug-likeness (QED) is 0.418. The summed E-state index contributed by atoms with van der Waals surface area (Å²) in [5.74, 6) is 0. The molecule has 8 N–H and O–H groups in total. The molecule has 62 valence electrons. The molecule has 10 heavy (non-hydrogen) atoms. The predicted octanol–water partition coefficient (Wildman–Crippen LogP) is -0.220. The molecule has 0 rings (SSSR count). The van der Waals surface area contributed by atoms with Gasteiger partial charge in [-0.1, -0.05) is 0 Å². The minimum absolute atomic E-state index is 0. The monoisotopic (exact) mass is 154 g/mol. The van der Waals surface area contributed by atoms with Crippen molar-refractivity contribution in [2.75, 3.05) is 6.61 Å². The third kappa shape index (κ3) is 15.6. The van der Waals surface area contributed by atoms with Gasteiger partial charge >= 0.3 is 7.32 Å². The normalized spacial score (nSPS) is 8.30. The van der Waals surface area contributed by atoms with Gasteiger partial charge in [0.1, 0.15) is 0 Å². The Morgan fingerprint density at radius 2 is 1.90 bits per heavy atom. The van der Waals surface area contributed by atoms with E-state index in [1.54, 1.807) is 0 Å². The van der Waals surface area contributed by atoms with Gasteiger partial charge in [-0.15, -0.1) is 0 Å². The highest BCUT2D eigenvalue weighted by Gasteiger charge is 2.04. The Kier molecular flexibility index (Phi) is 18.5. The summed E-state index contributed by atoms with van der Waals surface area (Å²) in [5.41, 5.74) is 0. The Bertz CT molecular complexity index is 82.1. The largest absolute Gasteiger partial charge is 0.634 e. The second kappa shape index (κ2) is 11.3. The Morgan fingerprint density at radius 3 is 2.20 bits per heavy atom. The fraction of sp³-hybridized carbons (Fsp3) is 0.333. The first-order chi connectivity index (χ1) is 3.77. The molecular formula is C3H12BFN2O3. The molecule has 0 fully saturated rings. The lowest BCUT2D eigenvalue weighted by Crippen LogP contribution is -2.16. The predicted molar refractivity (Wildman–Crippen MR) is 36.4 cm³/mol. The Morgan fingerprint density at radius 1 is 1.40 bits per heavy atom. The fourth-order valence-electron chi connectivity index (χ4n) is 0.178. The topological polar surface area (TPSA) is 120 Å². The van der Waals surface area contributed by atoms with Gasteiger partial charge in [0.2, 0.25) is 0 Å². The Balaban J connectivity index is -0.000000245. The van der Waals surface area contributed by atoms with Gasteiger partial charge in [-0.2, -0.15) is 0 Å². The van der Waals surface area contributed by atoms with Crippen LogP contribution in [0.5, 0.6) is 0 Å². The van der Waals surface area contributed by atoms with Gasteiger partial charge in [0.15, 0.2) is 0 Å². The second-order valence-electron chi connectivity index (χ2n) is 1.02. The van der Waals surface area contributed by atoms with Crippen molar-refractivity contribution in [1.82, 2.24) is 12.3 Å². The molecule has 0 amide bonds. The molecular weight excluding hydrogens is 142 g/mol. The lowest BCUT2D eigenvalue weighted by molar-refractivity contribution is 0.206. The van der Waals surface area contributed by atoms with Gasteiger partial charge in [-0.25, -0.2) is 4.39 Å². The van der Waals surface area contributed by atoms with Gasteiger partial charge in [-0.3, -0.25) is 0 Å². The van der Waals surface area contributed by atoms with E-state index in [1.165, 1.54) is 0 Å². The van der Waals surface area contributed by atoms with Crippen LogP contribution in [0.15, 0.2) is 12.4 Å². The first-order valence-corrected chi connectivity index (χ1v) is 2.00. The summed E-state index contributed by atoms with van der Waals surface area (Å²) in [4.78, 5) is 0. The van der Waals surface area contributed by atoms with Crippen molar-refractivity contribution < 1.29 is 19.1 Å². The highest BCUT2D eigenvalue weighted by molar-refractivity contribution is 6.32. The minimum Gasteiger partial charge on any atom is -0.402 e. The molecule has 0 aromatic carbocycles. The lowest BCUT2D eigenvalue weighted by Gasteiger charge is -1.93. The molecule has 0 saturated heterocycles. The zero-order valence-corrected chi connectivity index (χ0v) is 5.53. The van der Waals surface area contributed by atoms with Crippen molar-refractivity contribution in [2.24, 2.45) is 0 Å². The molecule has 0 aliphatic rings. The number of hydrogen-bond donors (Lipinski definition) is 4. The maximum atomic E-state index is 11.0. The SMILES string of the molecule is N.N.OB(O)OCC=CF. The van der Waals surface area contributed by atoms with E-state index >= 15 is 0 Å². The van der Waals surface area contributed by atoms with Crippen molar-refractivity contribution in [3.63, 3.8) is 0 Å². The first-order valence-electron chi connectivity index (χ1n) is 2.00. The third-order valence-electron chi connectivity index (χ3n) is 0.431. The molecule has 5 nitrogen and oxygen atoms in total. The molecule has 0 aliphatic heterocycles. The molecule has 0 radical (unpaired) electrons. The van der Waals surface area contributed by atoms with Crippen molar-refractivity contribution in [1.29, 1.82) is 0 Å². The van der Waals surface area contributed by atoms with E-state index in [-0.39, 0.29) is 25.2 Å². The number of halogens is 1. The maximum Gasteiger partial charge on any atom is 0.634 e. The van der Waals surface area contributed by atoms with Crippen molar-refractivity contribution in [3.05, 3.63) is 12.4 Å². The van der Waals surface area contributed by atoms with E-state index in [0.29, 0.717) is 0 Å². The van der Waals surface area contributed by atoms with E-state index in [1.807, 2.05) is 0 Å². The summed E-state index contributed by atoms with van der Waals surface area (Å²) in [5, 5.41) is 15.9. The Hall–Kier alpha value is -0.465. The van der Waals surface area contributed by atoms with E-state index in [9.17, 15) is 4.39 Å².